The molecule has 0 saturated heterocycles. The maximum absolute atomic E-state index is 12.1. The lowest BCUT2D eigenvalue weighted by molar-refractivity contribution is -0.132. The molecule has 2 atom stereocenters. The summed E-state index contributed by atoms with van der Waals surface area (Å²) in [5, 5.41) is 0. The minimum absolute atomic E-state index is 0.0447. The molecule has 0 radical (unpaired) electrons. The third kappa shape index (κ3) is 0.884. The molecule has 0 aromatic carbocycles. The van der Waals surface area contributed by atoms with Gasteiger partial charge in [-0.15, -0.1) is 0 Å². The van der Waals surface area contributed by atoms with Gasteiger partial charge in [-0.3, -0.25) is 4.79 Å². The molecule has 0 aliphatic heterocycles. The van der Waals surface area contributed by atoms with Crippen LogP contribution < -0.4 is 0 Å². The fraction of sp³-hybridized carbons (Fsp3) is 0.769. The molecule has 1 nitrogen and oxygen atoms in total. The van der Waals surface area contributed by atoms with Crippen LogP contribution in [0.5, 0.6) is 0 Å². The van der Waals surface area contributed by atoms with Gasteiger partial charge in [0.25, 0.3) is 0 Å². The second-order valence-corrected chi connectivity index (χ2v) is 5.45. The van der Waals surface area contributed by atoms with E-state index in [1.165, 1.54) is 12.0 Å². The standard InChI is InChI=1S/C13H20O/c1-5-11(14)13-7-6-10(8-13)9(2)12(13,3)4/h10H,2,5-8H2,1,3-4H3. The molecule has 2 saturated carbocycles. The zero-order valence-corrected chi connectivity index (χ0v) is 9.52. The van der Waals surface area contributed by atoms with Crippen molar-refractivity contribution < 1.29 is 4.79 Å². The van der Waals surface area contributed by atoms with E-state index in [9.17, 15) is 4.79 Å². The first kappa shape index (κ1) is 9.95. The number of allylic oxidation sites excluding steroid dienone is 1. The molecule has 0 N–H and O–H groups in total. The Bertz CT molecular complexity index is 300. The molecular weight excluding hydrogens is 172 g/mol. The van der Waals surface area contributed by atoms with Crippen LogP contribution in [0.4, 0.5) is 0 Å². The van der Waals surface area contributed by atoms with Gasteiger partial charge in [0, 0.05) is 11.8 Å². The van der Waals surface area contributed by atoms with E-state index in [0.29, 0.717) is 18.1 Å². The summed E-state index contributed by atoms with van der Waals surface area (Å²) < 4.78 is 0. The van der Waals surface area contributed by atoms with Gasteiger partial charge in [-0.2, -0.15) is 0 Å². The molecule has 0 aromatic rings. The highest BCUT2D eigenvalue weighted by atomic mass is 16.1. The van der Waals surface area contributed by atoms with Crippen molar-refractivity contribution in [3.8, 4) is 0 Å². The fourth-order valence-electron chi connectivity index (χ4n) is 3.67. The Morgan fingerprint density at radius 1 is 1.57 bits per heavy atom. The van der Waals surface area contributed by atoms with Gasteiger partial charge in [0.2, 0.25) is 0 Å². The summed E-state index contributed by atoms with van der Waals surface area (Å²) in [6, 6.07) is 0. The molecule has 2 fully saturated rings. The average Bonchev–Trinajstić information content (AvgIpc) is 2.66. The molecule has 1 heteroatoms. The molecule has 14 heavy (non-hydrogen) atoms. The van der Waals surface area contributed by atoms with Crippen molar-refractivity contribution in [2.24, 2.45) is 16.7 Å². The first-order valence-corrected chi connectivity index (χ1v) is 5.68. The Balaban J connectivity index is 2.44. The number of fused-ring (bicyclic) bond motifs is 2. The number of Topliss-reactive ketones (excluding diaryl/α,β-unsaturated/α-hetero) is 1. The van der Waals surface area contributed by atoms with E-state index in [0.717, 1.165) is 12.8 Å². The van der Waals surface area contributed by atoms with Crippen molar-refractivity contribution in [3.63, 3.8) is 0 Å². The summed E-state index contributed by atoms with van der Waals surface area (Å²) in [5.74, 6) is 1.09. The van der Waals surface area contributed by atoms with E-state index >= 15 is 0 Å². The average molecular weight is 192 g/mol. The van der Waals surface area contributed by atoms with Crippen LogP contribution in [0, 0.1) is 16.7 Å². The SMILES string of the molecule is C=C1C2CCC(C(=O)CC)(C2)C1(C)C. The second kappa shape index (κ2) is 2.71. The Morgan fingerprint density at radius 3 is 2.64 bits per heavy atom. The molecule has 2 unspecified atom stereocenters. The highest BCUT2D eigenvalue weighted by Crippen LogP contribution is 2.66. The molecule has 2 aliphatic rings. The molecule has 0 heterocycles. The van der Waals surface area contributed by atoms with Gasteiger partial charge >= 0.3 is 0 Å². The summed E-state index contributed by atoms with van der Waals surface area (Å²) in [5.41, 5.74) is 1.32. The first-order valence-electron chi connectivity index (χ1n) is 5.68. The van der Waals surface area contributed by atoms with E-state index < -0.39 is 0 Å². The zero-order valence-electron chi connectivity index (χ0n) is 9.52. The monoisotopic (exact) mass is 192 g/mol. The van der Waals surface area contributed by atoms with E-state index in [-0.39, 0.29) is 10.8 Å². The summed E-state index contributed by atoms with van der Waals surface area (Å²) in [6.45, 7) is 10.6. The van der Waals surface area contributed by atoms with Gasteiger partial charge in [0.1, 0.15) is 5.78 Å². The van der Waals surface area contributed by atoms with E-state index in [4.69, 9.17) is 0 Å². The van der Waals surface area contributed by atoms with Crippen molar-refractivity contribution in [1.29, 1.82) is 0 Å². The normalized spacial score (nSPS) is 39.1. The van der Waals surface area contributed by atoms with Crippen molar-refractivity contribution >= 4 is 5.78 Å². The predicted molar refractivity (Wildman–Crippen MR) is 58.0 cm³/mol. The van der Waals surface area contributed by atoms with Crippen LogP contribution in [0.1, 0.15) is 46.5 Å². The number of carbonyl (C=O) groups is 1. The van der Waals surface area contributed by atoms with Crippen molar-refractivity contribution in [1.82, 2.24) is 0 Å². The van der Waals surface area contributed by atoms with Gasteiger partial charge < -0.3 is 0 Å². The highest BCUT2D eigenvalue weighted by Gasteiger charge is 2.61. The van der Waals surface area contributed by atoms with Gasteiger partial charge in [0.05, 0.1) is 0 Å². The number of hydrogen-bond acceptors (Lipinski definition) is 1. The molecule has 0 spiro atoms. The van der Waals surface area contributed by atoms with Crippen LogP contribution in [-0.4, -0.2) is 5.78 Å². The lowest BCUT2D eigenvalue weighted by Gasteiger charge is -2.41. The Labute approximate surface area is 86.6 Å². The number of carbonyl (C=O) groups excluding carboxylic acids is 1. The van der Waals surface area contributed by atoms with Crippen LogP contribution in [0.3, 0.4) is 0 Å². The summed E-state index contributed by atoms with van der Waals surface area (Å²) in [4.78, 5) is 12.1. The van der Waals surface area contributed by atoms with Crippen molar-refractivity contribution in [2.45, 2.75) is 46.5 Å². The molecular formula is C13H20O. The highest BCUT2D eigenvalue weighted by molar-refractivity contribution is 5.87. The largest absolute Gasteiger partial charge is 0.299 e. The third-order valence-electron chi connectivity index (χ3n) is 4.86. The van der Waals surface area contributed by atoms with Crippen LogP contribution in [0.15, 0.2) is 12.2 Å². The lowest BCUT2D eigenvalue weighted by atomic mass is 9.61. The minimum atomic E-state index is -0.0521. The van der Waals surface area contributed by atoms with Crippen molar-refractivity contribution in [2.75, 3.05) is 0 Å². The molecule has 78 valence electrons. The Morgan fingerprint density at radius 2 is 2.21 bits per heavy atom. The molecule has 2 rings (SSSR count). The van der Waals surface area contributed by atoms with E-state index in [1.54, 1.807) is 0 Å². The van der Waals surface area contributed by atoms with Crippen molar-refractivity contribution in [3.05, 3.63) is 12.2 Å². The first-order chi connectivity index (χ1) is 6.45. The van der Waals surface area contributed by atoms with Gasteiger partial charge in [-0.25, -0.2) is 0 Å². The topological polar surface area (TPSA) is 17.1 Å². The van der Waals surface area contributed by atoms with Gasteiger partial charge in [0.15, 0.2) is 0 Å². The Hall–Kier alpha value is -0.590. The molecule has 0 aromatic heterocycles. The minimum Gasteiger partial charge on any atom is -0.299 e. The summed E-state index contributed by atoms with van der Waals surface area (Å²) in [7, 11) is 0. The summed E-state index contributed by atoms with van der Waals surface area (Å²) in [6.07, 6.45) is 4.04. The molecule has 0 amide bonds. The predicted octanol–water partition coefficient (Wildman–Crippen LogP) is 3.35. The quantitative estimate of drug-likeness (QED) is 0.613. The van der Waals surface area contributed by atoms with Gasteiger partial charge in [-0.1, -0.05) is 32.9 Å². The maximum Gasteiger partial charge on any atom is 0.139 e. The molecule has 2 bridgehead atoms. The van der Waals surface area contributed by atoms with E-state index in [2.05, 4.69) is 20.4 Å². The van der Waals surface area contributed by atoms with Crippen LogP contribution in [-0.2, 0) is 4.79 Å². The van der Waals surface area contributed by atoms with Crippen LogP contribution in [0.25, 0.3) is 0 Å². The zero-order chi connectivity index (χ0) is 10.6. The van der Waals surface area contributed by atoms with Crippen LogP contribution in [0.2, 0.25) is 0 Å². The maximum atomic E-state index is 12.1. The van der Waals surface area contributed by atoms with E-state index in [1.807, 2.05) is 6.92 Å². The van der Waals surface area contributed by atoms with Gasteiger partial charge in [-0.05, 0) is 30.6 Å². The number of ketones is 1. The lowest BCUT2D eigenvalue weighted by Crippen LogP contribution is -2.40. The fourth-order valence-corrected chi connectivity index (χ4v) is 3.67. The van der Waals surface area contributed by atoms with Crippen LogP contribution >= 0.6 is 0 Å². The summed E-state index contributed by atoms with van der Waals surface area (Å²) >= 11 is 0. The second-order valence-electron chi connectivity index (χ2n) is 5.45. The third-order valence-corrected chi connectivity index (χ3v) is 4.86. The Kier molecular flexibility index (Phi) is 1.93. The smallest absolute Gasteiger partial charge is 0.139 e. The molecule has 2 aliphatic carbocycles. The number of hydrogen-bond donors (Lipinski definition) is 0. The number of rotatable bonds is 2.